The van der Waals surface area contributed by atoms with Gasteiger partial charge in [0, 0.05) is 37.8 Å². The van der Waals surface area contributed by atoms with Gasteiger partial charge in [-0.2, -0.15) is 0 Å². The Hall–Kier alpha value is -2.24. The highest BCUT2D eigenvalue weighted by Crippen LogP contribution is 2.36. The molecule has 1 aromatic carbocycles. The lowest BCUT2D eigenvalue weighted by atomic mass is 10.1. The molecule has 1 aromatic rings. The van der Waals surface area contributed by atoms with Crippen LogP contribution in [0.4, 0.5) is 5.69 Å². The van der Waals surface area contributed by atoms with Gasteiger partial charge >= 0.3 is 0 Å². The molecular formula is C17H22N2O4. The third kappa shape index (κ3) is 2.98. The second kappa shape index (κ2) is 6.48. The van der Waals surface area contributed by atoms with Crippen LogP contribution >= 0.6 is 0 Å². The van der Waals surface area contributed by atoms with Crippen LogP contribution in [0.5, 0.6) is 11.5 Å². The summed E-state index contributed by atoms with van der Waals surface area (Å²) in [6.07, 6.45) is 0.268. The summed E-state index contributed by atoms with van der Waals surface area (Å²) >= 11 is 0. The van der Waals surface area contributed by atoms with Gasteiger partial charge in [0.25, 0.3) is 0 Å². The normalized spacial score (nSPS) is 19.8. The zero-order valence-electron chi connectivity index (χ0n) is 13.6. The maximum absolute atomic E-state index is 12.5. The Morgan fingerprint density at radius 2 is 1.91 bits per heavy atom. The third-order valence-corrected chi connectivity index (χ3v) is 4.39. The molecular weight excluding hydrogens is 296 g/mol. The molecule has 23 heavy (non-hydrogen) atoms. The summed E-state index contributed by atoms with van der Waals surface area (Å²) < 4.78 is 11.1. The van der Waals surface area contributed by atoms with Gasteiger partial charge in [0.2, 0.25) is 11.8 Å². The van der Waals surface area contributed by atoms with Crippen LogP contribution in [0.15, 0.2) is 18.2 Å². The first-order chi connectivity index (χ1) is 11.1. The molecule has 6 nitrogen and oxygen atoms in total. The van der Waals surface area contributed by atoms with E-state index in [0.717, 1.165) is 5.69 Å². The lowest BCUT2D eigenvalue weighted by Crippen LogP contribution is -2.37. The largest absolute Gasteiger partial charge is 0.486 e. The summed E-state index contributed by atoms with van der Waals surface area (Å²) in [5.74, 6) is 1.12. The minimum absolute atomic E-state index is 0.0211. The Balaban J connectivity index is 1.76. The molecule has 0 radical (unpaired) electrons. The monoisotopic (exact) mass is 318 g/mol. The zero-order valence-corrected chi connectivity index (χ0v) is 13.6. The highest BCUT2D eigenvalue weighted by molar-refractivity contribution is 6.00. The number of carbonyl (C=O) groups excluding carboxylic acids is 2. The van der Waals surface area contributed by atoms with Crippen LogP contribution in [-0.4, -0.2) is 49.6 Å². The van der Waals surface area contributed by atoms with Crippen LogP contribution in [0, 0.1) is 5.92 Å². The van der Waals surface area contributed by atoms with Gasteiger partial charge in [-0.05, 0) is 26.0 Å². The minimum Gasteiger partial charge on any atom is -0.486 e. The van der Waals surface area contributed by atoms with Gasteiger partial charge in [0.1, 0.15) is 13.2 Å². The van der Waals surface area contributed by atoms with E-state index >= 15 is 0 Å². The van der Waals surface area contributed by atoms with Crippen molar-refractivity contribution in [2.75, 3.05) is 37.7 Å². The van der Waals surface area contributed by atoms with Crippen molar-refractivity contribution < 1.29 is 19.1 Å². The molecule has 2 heterocycles. The Bertz CT molecular complexity index is 613. The second-order valence-electron chi connectivity index (χ2n) is 5.74. The van der Waals surface area contributed by atoms with Gasteiger partial charge in [-0.1, -0.05) is 0 Å². The predicted molar refractivity (Wildman–Crippen MR) is 85.8 cm³/mol. The van der Waals surface area contributed by atoms with E-state index in [1.165, 1.54) is 0 Å². The van der Waals surface area contributed by atoms with Gasteiger partial charge in [-0.15, -0.1) is 0 Å². The Labute approximate surface area is 136 Å². The number of ether oxygens (including phenoxy) is 2. The molecule has 124 valence electrons. The van der Waals surface area contributed by atoms with Gasteiger partial charge < -0.3 is 19.3 Å². The molecule has 2 amide bonds. The highest BCUT2D eigenvalue weighted by Gasteiger charge is 2.37. The van der Waals surface area contributed by atoms with Gasteiger partial charge in [0.05, 0.1) is 5.92 Å². The minimum atomic E-state index is -0.268. The lowest BCUT2D eigenvalue weighted by molar-refractivity contribution is -0.135. The summed E-state index contributed by atoms with van der Waals surface area (Å²) in [4.78, 5) is 28.3. The number of nitrogens with zero attached hydrogens (tertiary/aromatic N) is 2. The fourth-order valence-electron chi connectivity index (χ4n) is 3.12. The second-order valence-corrected chi connectivity index (χ2v) is 5.74. The van der Waals surface area contributed by atoms with Gasteiger partial charge in [-0.25, -0.2) is 0 Å². The molecule has 0 aromatic heterocycles. The maximum atomic E-state index is 12.5. The topological polar surface area (TPSA) is 59.1 Å². The number of benzene rings is 1. The molecule has 1 saturated heterocycles. The molecule has 2 aliphatic rings. The molecule has 2 aliphatic heterocycles. The van der Waals surface area contributed by atoms with Gasteiger partial charge in [-0.3, -0.25) is 9.59 Å². The van der Waals surface area contributed by atoms with Crippen LogP contribution in [-0.2, 0) is 9.59 Å². The molecule has 6 heteroatoms. The van der Waals surface area contributed by atoms with E-state index in [4.69, 9.17) is 9.47 Å². The highest BCUT2D eigenvalue weighted by atomic mass is 16.6. The average molecular weight is 318 g/mol. The number of hydrogen-bond donors (Lipinski definition) is 0. The summed E-state index contributed by atoms with van der Waals surface area (Å²) in [5, 5.41) is 0. The van der Waals surface area contributed by atoms with E-state index < -0.39 is 0 Å². The first kappa shape index (κ1) is 15.6. The molecule has 0 aliphatic carbocycles. The number of amides is 2. The molecule has 1 atom stereocenters. The van der Waals surface area contributed by atoms with E-state index in [2.05, 4.69) is 0 Å². The van der Waals surface area contributed by atoms with Gasteiger partial charge in [0.15, 0.2) is 11.5 Å². The first-order valence-electron chi connectivity index (χ1n) is 8.12. The SMILES string of the molecule is CCN(CC)C(=O)C1CC(=O)N(c2ccc3c(c2)OCCO3)C1. The van der Waals surface area contributed by atoms with Crippen molar-refractivity contribution in [3.63, 3.8) is 0 Å². The van der Waals surface area contributed by atoms with E-state index in [9.17, 15) is 9.59 Å². The van der Waals surface area contributed by atoms with Crippen LogP contribution in [0.3, 0.4) is 0 Å². The van der Waals surface area contributed by atoms with Crippen LogP contribution in [0.1, 0.15) is 20.3 Å². The predicted octanol–water partition coefficient (Wildman–Crippen LogP) is 1.68. The van der Waals surface area contributed by atoms with Crippen LogP contribution in [0.2, 0.25) is 0 Å². The van der Waals surface area contributed by atoms with Crippen molar-refractivity contribution in [1.29, 1.82) is 0 Å². The van der Waals surface area contributed by atoms with E-state index in [1.54, 1.807) is 9.80 Å². The average Bonchev–Trinajstić information content (AvgIpc) is 2.97. The summed E-state index contributed by atoms with van der Waals surface area (Å²) in [7, 11) is 0. The van der Waals surface area contributed by atoms with Crippen molar-refractivity contribution in [3.8, 4) is 11.5 Å². The van der Waals surface area contributed by atoms with Crippen molar-refractivity contribution in [2.24, 2.45) is 5.92 Å². The van der Waals surface area contributed by atoms with E-state index in [1.807, 2.05) is 32.0 Å². The molecule has 3 rings (SSSR count). The third-order valence-electron chi connectivity index (χ3n) is 4.39. The molecule has 1 fully saturated rings. The molecule has 0 saturated carbocycles. The Morgan fingerprint density at radius 3 is 2.61 bits per heavy atom. The fraction of sp³-hybridized carbons (Fsp3) is 0.529. The lowest BCUT2D eigenvalue weighted by Gasteiger charge is -2.24. The van der Waals surface area contributed by atoms with Crippen LogP contribution in [0.25, 0.3) is 0 Å². The Morgan fingerprint density at radius 1 is 1.22 bits per heavy atom. The fourth-order valence-corrected chi connectivity index (χ4v) is 3.12. The van der Waals surface area contributed by atoms with Crippen molar-refractivity contribution in [3.05, 3.63) is 18.2 Å². The van der Waals surface area contributed by atoms with Crippen molar-refractivity contribution in [1.82, 2.24) is 4.90 Å². The maximum Gasteiger partial charge on any atom is 0.227 e. The van der Waals surface area contributed by atoms with E-state index in [-0.39, 0.29) is 24.2 Å². The standard InChI is InChI=1S/C17H22N2O4/c1-3-18(4-2)17(21)12-9-16(20)19(11-12)13-5-6-14-15(10-13)23-8-7-22-14/h5-6,10,12H,3-4,7-9,11H2,1-2H3. The molecule has 0 spiro atoms. The molecule has 0 bridgehead atoms. The van der Waals surface area contributed by atoms with Crippen molar-refractivity contribution in [2.45, 2.75) is 20.3 Å². The number of fused-ring (bicyclic) bond motifs is 1. The number of anilines is 1. The number of rotatable bonds is 4. The first-order valence-corrected chi connectivity index (χ1v) is 8.12. The Kier molecular flexibility index (Phi) is 4.41. The van der Waals surface area contributed by atoms with E-state index in [0.29, 0.717) is 44.3 Å². The smallest absolute Gasteiger partial charge is 0.227 e. The van der Waals surface area contributed by atoms with Crippen LogP contribution < -0.4 is 14.4 Å². The summed E-state index contributed by atoms with van der Waals surface area (Å²) in [6.45, 7) is 6.72. The summed E-state index contributed by atoms with van der Waals surface area (Å²) in [6, 6.07) is 5.48. The summed E-state index contributed by atoms with van der Waals surface area (Å²) in [5.41, 5.74) is 0.758. The molecule has 1 unspecified atom stereocenters. The quantitative estimate of drug-likeness (QED) is 0.847. The number of carbonyl (C=O) groups is 2. The number of hydrogen-bond acceptors (Lipinski definition) is 4. The van der Waals surface area contributed by atoms with Crippen molar-refractivity contribution >= 4 is 17.5 Å². The zero-order chi connectivity index (χ0) is 16.4. The molecule has 0 N–H and O–H groups in total.